The quantitative estimate of drug-likeness (QED) is 0.849. The minimum Gasteiger partial charge on any atom is -0.391 e. The summed E-state index contributed by atoms with van der Waals surface area (Å²) in [5, 5.41) is 13.4. The Morgan fingerprint density at radius 2 is 2.18 bits per heavy atom. The van der Waals surface area contributed by atoms with Gasteiger partial charge in [-0.25, -0.2) is 0 Å². The van der Waals surface area contributed by atoms with Gasteiger partial charge in [0.15, 0.2) is 0 Å². The molecule has 0 saturated heterocycles. The molecule has 0 spiro atoms. The lowest BCUT2D eigenvalue weighted by Crippen LogP contribution is -2.35. The monoisotopic (exact) mass is 317 g/mol. The number of aryl methyl sites for hydroxylation is 1. The molecule has 3 rings (SSSR count). The molecular weight excluding hydrogens is 294 g/mol. The Labute approximate surface area is 135 Å². The Bertz CT molecular complexity index is 647. The number of aliphatic hydroxyl groups excluding tert-OH is 1. The summed E-state index contributed by atoms with van der Waals surface area (Å²) in [5.41, 5.74) is 1.34. The van der Waals surface area contributed by atoms with Crippen LogP contribution in [0.2, 0.25) is 0 Å². The maximum absolute atomic E-state index is 12.1. The molecule has 1 aliphatic carbocycles. The van der Waals surface area contributed by atoms with E-state index >= 15 is 0 Å². The number of nitrogens with zero attached hydrogens (tertiary/aromatic N) is 1. The summed E-state index contributed by atoms with van der Waals surface area (Å²) < 4.78 is 1.31. The third-order valence-electron chi connectivity index (χ3n) is 4.45. The van der Waals surface area contributed by atoms with Crippen molar-refractivity contribution in [2.45, 2.75) is 38.2 Å². The first-order chi connectivity index (χ1) is 10.6. The van der Waals surface area contributed by atoms with Crippen molar-refractivity contribution >= 4 is 27.3 Å². The van der Waals surface area contributed by atoms with Gasteiger partial charge in [-0.05, 0) is 54.0 Å². The summed E-state index contributed by atoms with van der Waals surface area (Å²) in [6.45, 7) is 0.477. The second kappa shape index (κ2) is 6.80. The number of hydrogen-bond donors (Lipinski definition) is 1. The van der Waals surface area contributed by atoms with E-state index in [-0.39, 0.29) is 12.0 Å². The van der Waals surface area contributed by atoms with Crippen molar-refractivity contribution in [1.82, 2.24) is 4.90 Å². The Hall–Kier alpha value is -1.39. The van der Waals surface area contributed by atoms with Crippen LogP contribution in [-0.4, -0.2) is 35.6 Å². The van der Waals surface area contributed by atoms with E-state index in [1.165, 1.54) is 15.6 Å². The van der Waals surface area contributed by atoms with Gasteiger partial charge in [-0.2, -0.15) is 0 Å². The zero-order chi connectivity index (χ0) is 15.5. The fourth-order valence-electron chi connectivity index (χ4n) is 2.86. The van der Waals surface area contributed by atoms with Crippen LogP contribution in [0.4, 0.5) is 0 Å². The van der Waals surface area contributed by atoms with Gasteiger partial charge in [0.2, 0.25) is 5.91 Å². The van der Waals surface area contributed by atoms with Crippen LogP contribution >= 0.6 is 11.3 Å². The molecule has 22 heavy (non-hydrogen) atoms. The van der Waals surface area contributed by atoms with Crippen LogP contribution < -0.4 is 0 Å². The molecule has 1 N–H and O–H groups in total. The van der Waals surface area contributed by atoms with Gasteiger partial charge in [-0.1, -0.05) is 18.2 Å². The number of carbonyl (C=O) groups excluding carboxylic acids is 1. The first kappa shape index (κ1) is 15.5. The van der Waals surface area contributed by atoms with Crippen LogP contribution in [0, 0.1) is 5.92 Å². The molecule has 0 radical (unpaired) electrons. The molecule has 3 nitrogen and oxygen atoms in total. The highest BCUT2D eigenvalue weighted by atomic mass is 32.1. The van der Waals surface area contributed by atoms with Gasteiger partial charge < -0.3 is 10.0 Å². The Balaban J connectivity index is 1.46. The molecule has 2 aromatic rings. The average Bonchev–Trinajstić information content (AvgIpc) is 3.29. The summed E-state index contributed by atoms with van der Waals surface area (Å²) in [4.78, 5) is 13.8. The van der Waals surface area contributed by atoms with E-state index in [1.807, 2.05) is 0 Å². The number of likely N-dealkylation sites (N-methyl/N-ethyl adjacent to an activating group) is 1. The fourth-order valence-corrected chi connectivity index (χ4v) is 3.86. The van der Waals surface area contributed by atoms with Gasteiger partial charge in [-0.15, -0.1) is 11.3 Å². The third-order valence-corrected chi connectivity index (χ3v) is 5.46. The Morgan fingerprint density at radius 3 is 2.95 bits per heavy atom. The van der Waals surface area contributed by atoms with Crippen LogP contribution in [0.25, 0.3) is 10.1 Å². The van der Waals surface area contributed by atoms with Crippen molar-refractivity contribution in [3.8, 4) is 0 Å². The van der Waals surface area contributed by atoms with Crippen molar-refractivity contribution in [3.63, 3.8) is 0 Å². The van der Waals surface area contributed by atoms with Crippen molar-refractivity contribution in [2.75, 3.05) is 13.6 Å². The van der Waals surface area contributed by atoms with Crippen LogP contribution in [-0.2, 0) is 11.2 Å². The standard InChI is InChI=1S/C18H23NO2S/c1-19(11-16(20)13-9-10-13)18(21)8-4-5-14-12-22-17-7-3-2-6-15(14)17/h2-3,6-7,12-13,16,20H,4-5,8-11H2,1H3. The number of benzene rings is 1. The average molecular weight is 317 g/mol. The molecule has 118 valence electrons. The molecule has 1 fully saturated rings. The van der Waals surface area contributed by atoms with Gasteiger partial charge >= 0.3 is 0 Å². The first-order valence-electron chi connectivity index (χ1n) is 8.02. The Morgan fingerprint density at radius 1 is 1.41 bits per heavy atom. The molecule has 0 aliphatic heterocycles. The molecule has 4 heteroatoms. The predicted octanol–water partition coefficient (Wildman–Crippen LogP) is 3.45. The topological polar surface area (TPSA) is 40.5 Å². The number of amides is 1. The van der Waals surface area contributed by atoms with E-state index in [0.717, 1.165) is 25.7 Å². The molecular formula is C18H23NO2S. The van der Waals surface area contributed by atoms with E-state index in [0.29, 0.717) is 18.9 Å². The third kappa shape index (κ3) is 3.68. The van der Waals surface area contributed by atoms with E-state index in [4.69, 9.17) is 0 Å². The molecule has 1 aromatic heterocycles. The fraction of sp³-hybridized carbons (Fsp3) is 0.500. The highest BCUT2D eigenvalue weighted by molar-refractivity contribution is 7.17. The van der Waals surface area contributed by atoms with Gasteiger partial charge in [0.25, 0.3) is 0 Å². The van der Waals surface area contributed by atoms with Crippen LogP contribution in [0.15, 0.2) is 29.6 Å². The molecule has 1 aliphatic rings. The second-order valence-electron chi connectivity index (χ2n) is 6.29. The van der Waals surface area contributed by atoms with E-state index in [9.17, 15) is 9.90 Å². The van der Waals surface area contributed by atoms with Crippen molar-refractivity contribution in [1.29, 1.82) is 0 Å². The van der Waals surface area contributed by atoms with Crippen molar-refractivity contribution in [3.05, 3.63) is 35.2 Å². The predicted molar refractivity (Wildman–Crippen MR) is 91.1 cm³/mol. The molecule has 1 unspecified atom stereocenters. The number of aliphatic hydroxyl groups is 1. The summed E-state index contributed by atoms with van der Waals surface area (Å²) in [6.07, 6.45) is 4.23. The zero-order valence-corrected chi connectivity index (χ0v) is 13.8. The number of fused-ring (bicyclic) bond motifs is 1. The van der Waals surface area contributed by atoms with Gasteiger partial charge in [-0.3, -0.25) is 4.79 Å². The lowest BCUT2D eigenvalue weighted by molar-refractivity contribution is -0.131. The zero-order valence-electron chi connectivity index (χ0n) is 13.0. The van der Waals surface area contributed by atoms with Crippen LogP contribution in [0.5, 0.6) is 0 Å². The molecule has 1 saturated carbocycles. The largest absolute Gasteiger partial charge is 0.391 e. The molecule has 1 atom stereocenters. The summed E-state index contributed by atoms with van der Waals surface area (Å²) >= 11 is 1.77. The summed E-state index contributed by atoms with van der Waals surface area (Å²) in [7, 11) is 1.80. The minimum absolute atomic E-state index is 0.138. The molecule has 1 amide bonds. The molecule has 1 heterocycles. The van der Waals surface area contributed by atoms with E-state index < -0.39 is 0 Å². The number of rotatable bonds is 7. The van der Waals surface area contributed by atoms with Crippen molar-refractivity contribution in [2.24, 2.45) is 5.92 Å². The van der Waals surface area contributed by atoms with Gasteiger partial charge in [0.1, 0.15) is 0 Å². The SMILES string of the molecule is CN(CC(O)C1CC1)C(=O)CCCc1csc2ccccc12. The highest BCUT2D eigenvalue weighted by Gasteiger charge is 2.30. The molecule has 1 aromatic carbocycles. The summed E-state index contributed by atoms with van der Waals surface area (Å²) in [6, 6.07) is 8.42. The van der Waals surface area contributed by atoms with Gasteiger partial charge in [0, 0.05) is 24.7 Å². The lowest BCUT2D eigenvalue weighted by atomic mass is 10.1. The smallest absolute Gasteiger partial charge is 0.222 e. The summed E-state index contributed by atoms with van der Waals surface area (Å²) in [5.74, 6) is 0.562. The van der Waals surface area contributed by atoms with Crippen LogP contribution in [0.1, 0.15) is 31.2 Å². The van der Waals surface area contributed by atoms with Crippen LogP contribution in [0.3, 0.4) is 0 Å². The normalized spacial score (nSPS) is 15.9. The maximum atomic E-state index is 12.1. The first-order valence-corrected chi connectivity index (χ1v) is 8.90. The number of hydrogen-bond acceptors (Lipinski definition) is 3. The van der Waals surface area contributed by atoms with E-state index in [1.54, 1.807) is 23.3 Å². The maximum Gasteiger partial charge on any atom is 0.222 e. The van der Waals surface area contributed by atoms with E-state index in [2.05, 4.69) is 29.6 Å². The second-order valence-corrected chi connectivity index (χ2v) is 7.20. The highest BCUT2D eigenvalue weighted by Crippen LogP contribution is 2.32. The number of carbonyl (C=O) groups is 1. The lowest BCUT2D eigenvalue weighted by Gasteiger charge is -2.20. The number of thiophene rings is 1. The van der Waals surface area contributed by atoms with Crippen molar-refractivity contribution < 1.29 is 9.90 Å². The molecule has 0 bridgehead atoms. The van der Waals surface area contributed by atoms with Gasteiger partial charge in [0.05, 0.1) is 6.10 Å². The minimum atomic E-state index is -0.338. The Kier molecular flexibility index (Phi) is 4.79.